The van der Waals surface area contributed by atoms with Crippen LogP contribution in [-0.4, -0.2) is 37.1 Å². The highest BCUT2D eigenvalue weighted by atomic mass is 16.5. The van der Waals surface area contributed by atoms with Gasteiger partial charge in [0.15, 0.2) is 0 Å². The quantitative estimate of drug-likeness (QED) is 0.497. The van der Waals surface area contributed by atoms with Crippen LogP contribution < -0.4 is 0 Å². The fraction of sp³-hybridized carbons (Fsp3) is 0.750. The molecule has 0 bridgehead atoms. The summed E-state index contributed by atoms with van der Waals surface area (Å²) in [4.78, 5) is 13.5. The van der Waals surface area contributed by atoms with Gasteiger partial charge >= 0.3 is 5.97 Å². The van der Waals surface area contributed by atoms with Crippen LogP contribution in [-0.2, 0) is 9.53 Å². The second kappa shape index (κ2) is 6.62. The maximum atomic E-state index is 11.3. The average Bonchev–Trinajstić information content (AvgIpc) is 2.77. The van der Waals surface area contributed by atoms with E-state index in [-0.39, 0.29) is 5.97 Å². The molecule has 15 heavy (non-hydrogen) atoms. The summed E-state index contributed by atoms with van der Waals surface area (Å²) in [6, 6.07) is 0.573. The molecule has 1 rings (SSSR count). The highest BCUT2D eigenvalue weighted by Gasteiger charge is 2.23. The zero-order valence-corrected chi connectivity index (χ0v) is 9.58. The van der Waals surface area contributed by atoms with Crippen LogP contribution in [0.3, 0.4) is 0 Å². The van der Waals surface area contributed by atoms with Crippen molar-refractivity contribution in [3.63, 3.8) is 0 Å². The molecule has 0 unspecified atom stereocenters. The SMILES string of the molecule is C=CCCN(CC(=O)OC)C1CCCC1. The van der Waals surface area contributed by atoms with E-state index in [1.807, 2.05) is 6.08 Å². The third-order valence-corrected chi connectivity index (χ3v) is 3.02. The van der Waals surface area contributed by atoms with Gasteiger partial charge in [0.1, 0.15) is 0 Å². The first-order chi connectivity index (χ1) is 7.27. The third kappa shape index (κ3) is 4.04. The van der Waals surface area contributed by atoms with E-state index >= 15 is 0 Å². The van der Waals surface area contributed by atoms with Crippen molar-refractivity contribution in [1.29, 1.82) is 0 Å². The van der Waals surface area contributed by atoms with Crippen LogP contribution >= 0.6 is 0 Å². The lowest BCUT2D eigenvalue weighted by Gasteiger charge is -2.27. The first kappa shape index (κ1) is 12.2. The van der Waals surface area contributed by atoms with Gasteiger partial charge in [0, 0.05) is 12.6 Å². The largest absolute Gasteiger partial charge is 0.468 e. The third-order valence-electron chi connectivity index (χ3n) is 3.02. The molecule has 0 N–H and O–H groups in total. The summed E-state index contributed by atoms with van der Waals surface area (Å²) in [6.07, 6.45) is 7.85. The zero-order valence-electron chi connectivity index (χ0n) is 9.58. The summed E-state index contributed by atoms with van der Waals surface area (Å²) < 4.78 is 4.71. The van der Waals surface area contributed by atoms with Crippen molar-refractivity contribution in [1.82, 2.24) is 4.90 Å². The van der Waals surface area contributed by atoms with Gasteiger partial charge in [-0.05, 0) is 19.3 Å². The molecule has 0 atom stereocenters. The van der Waals surface area contributed by atoms with Crippen molar-refractivity contribution < 1.29 is 9.53 Å². The molecular formula is C12H21NO2. The first-order valence-corrected chi connectivity index (χ1v) is 5.69. The van der Waals surface area contributed by atoms with Crippen molar-refractivity contribution in [2.45, 2.75) is 38.1 Å². The normalized spacial score (nSPS) is 16.9. The predicted molar refractivity (Wildman–Crippen MR) is 60.7 cm³/mol. The Morgan fingerprint density at radius 3 is 2.73 bits per heavy atom. The summed E-state index contributed by atoms with van der Waals surface area (Å²) in [5.74, 6) is -0.133. The molecule has 0 heterocycles. The minimum Gasteiger partial charge on any atom is -0.468 e. The molecular weight excluding hydrogens is 190 g/mol. The predicted octanol–water partition coefficient (Wildman–Crippen LogP) is 1.98. The Kier molecular flexibility index (Phi) is 5.40. The molecule has 0 aromatic rings. The summed E-state index contributed by atoms with van der Waals surface area (Å²) in [6.45, 7) is 5.06. The van der Waals surface area contributed by atoms with E-state index in [4.69, 9.17) is 4.74 Å². The zero-order chi connectivity index (χ0) is 11.1. The van der Waals surface area contributed by atoms with Gasteiger partial charge in [-0.3, -0.25) is 9.69 Å². The monoisotopic (exact) mass is 211 g/mol. The summed E-state index contributed by atoms with van der Waals surface area (Å²) in [7, 11) is 1.45. The number of carbonyl (C=O) groups excluding carboxylic acids is 1. The van der Waals surface area contributed by atoms with Crippen LogP contribution in [0.1, 0.15) is 32.1 Å². The van der Waals surface area contributed by atoms with E-state index in [0.717, 1.165) is 13.0 Å². The highest BCUT2D eigenvalue weighted by Crippen LogP contribution is 2.23. The van der Waals surface area contributed by atoms with E-state index in [9.17, 15) is 4.79 Å². The molecule has 0 aliphatic heterocycles. The number of esters is 1. The molecule has 0 radical (unpaired) electrons. The van der Waals surface area contributed by atoms with Gasteiger partial charge in [-0.1, -0.05) is 18.9 Å². The fourth-order valence-electron chi connectivity index (χ4n) is 2.15. The molecule has 1 aliphatic rings. The van der Waals surface area contributed by atoms with Crippen LogP contribution in [0.25, 0.3) is 0 Å². The van der Waals surface area contributed by atoms with Gasteiger partial charge in [0.05, 0.1) is 13.7 Å². The number of hydrogen-bond donors (Lipinski definition) is 0. The van der Waals surface area contributed by atoms with E-state index in [1.165, 1.54) is 32.8 Å². The molecule has 0 spiro atoms. The highest BCUT2D eigenvalue weighted by molar-refractivity contribution is 5.71. The van der Waals surface area contributed by atoms with Crippen LogP contribution in [0.15, 0.2) is 12.7 Å². The van der Waals surface area contributed by atoms with Crippen LogP contribution in [0.5, 0.6) is 0 Å². The molecule has 1 saturated carbocycles. The lowest BCUT2D eigenvalue weighted by atomic mass is 10.2. The summed E-state index contributed by atoms with van der Waals surface area (Å²) >= 11 is 0. The summed E-state index contributed by atoms with van der Waals surface area (Å²) in [5.41, 5.74) is 0. The van der Waals surface area contributed by atoms with E-state index in [2.05, 4.69) is 11.5 Å². The lowest BCUT2D eigenvalue weighted by Crippen LogP contribution is -2.38. The molecule has 0 aromatic heterocycles. The van der Waals surface area contributed by atoms with E-state index < -0.39 is 0 Å². The standard InChI is InChI=1S/C12H21NO2/c1-3-4-9-13(10-12(14)15-2)11-7-5-6-8-11/h3,11H,1,4-10H2,2H3. The van der Waals surface area contributed by atoms with Gasteiger partial charge in [0.2, 0.25) is 0 Å². The van der Waals surface area contributed by atoms with Crippen molar-refractivity contribution in [3.8, 4) is 0 Å². The number of nitrogens with zero attached hydrogens (tertiary/aromatic N) is 1. The topological polar surface area (TPSA) is 29.5 Å². The Labute approximate surface area is 92.1 Å². The maximum absolute atomic E-state index is 11.3. The Morgan fingerprint density at radius 2 is 2.20 bits per heavy atom. The van der Waals surface area contributed by atoms with E-state index in [0.29, 0.717) is 12.6 Å². The van der Waals surface area contributed by atoms with Crippen LogP contribution in [0.2, 0.25) is 0 Å². The Hall–Kier alpha value is -0.830. The molecule has 3 heteroatoms. The number of rotatable bonds is 6. The second-order valence-electron chi connectivity index (χ2n) is 4.06. The lowest BCUT2D eigenvalue weighted by molar-refractivity contribution is -0.142. The van der Waals surface area contributed by atoms with Gasteiger partial charge in [0.25, 0.3) is 0 Å². The van der Waals surface area contributed by atoms with Crippen molar-refractivity contribution in [2.24, 2.45) is 0 Å². The average molecular weight is 211 g/mol. The molecule has 0 aromatic carbocycles. The summed E-state index contributed by atoms with van der Waals surface area (Å²) in [5, 5.41) is 0. The number of ether oxygens (including phenoxy) is 1. The smallest absolute Gasteiger partial charge is 0.319 e. The minimum atomic E-state index is -0.133. The van der Waals surface area contributed by atoms with Crippen molar-refractivity contribution in [2.75, 3.05) is 20.2 Å². The van der Waals surface area contributed by atoms with Crippen LogP contribution in [0.4, 0.5) is 0 Å². The van der Waals surface area contributed by atoms with Crippen molar-refractivity contribution >= 4 is 5.97 Å². The molecule has 0 amide bonds. The molecule has 1 fully saturated rings. The minimum absolute atomic E-state index is 0.133. The Morgan fingerprint density at radius 1 is 1.53 bits per heavy atom. The van der Waals surface area contributed by atoms with Gasteiger partial charge < -0.3 is 4.74 Å². The number of methoxy groups -OCH3 is 1. The first-order valence-electron chi connectivity index (χ1n) is 5.69. The van der Waals surface area contributed by atoms with Crippen molar-refractivity contribution in [3.05, 3.63) is 12.7 Å². The molecule has 1 aliphatic carbocycles. The fourth-order valence-corrected chi connectivity index (χ4v) is 2.15. The van der Waals surface area contributed by atoms with Gasteiger partial charge in [-0.15, -0.1) is 6.58 Å². The Balaban J connectivity index is 2.43. The van der Waals surface area contributed by atoms with Crippen LogP contribution in [0, 0.1) is 0 Å². The number of carbonyl (C=O) groups is 1. The van der Waals surface area contributed by atoms with Gasteiger partial charge in [-0.25, -0.2) is 0 Å². The Bertz CT molecular complexity index is 210. The molecule has 0 saturated heterocycles. The van der Waals surface area contributed by atoms with Gasteiger partial charge in [-0.2, -0.15) is 0 Å². The number of hydrogen-bond acceptors (Lipinski definition) is 3. The second-order valence-corrected chi connectivity index (χ2v) is 4.06. The molecule has 86 valence electrons. The molecule has 3 nitrogen and oxygen atoms in total. The van der Waals surface area contributed by atoms with E-state index in [1.54, 1.807) is 0 Å². The maximum Gasteiger partial charge on any atom is 0.319 e.